The third kappa shape index (κ3) is 5.06. The molecule has 5 N–H and O–H groups in total. The van der Waals surface area contributed by atoms with Crippen molar-refractivity contribution in [3.63, 3.8) is 0 Å². The number of aliphatic hydroxyl groups excluding tert-OH is 2. The van der Waals surface area contributed by atoms with Crippen LogP contribution in [0.5, 0.6) is 0 Å². The second kappa shape index (κ2) is 10.1. The van der Waals surface area contributed by atoms with E-state index in [-0.39, 0.29) is 18.3 Å². The molecule has 1 fully saturated rings. The van der Waals surface area contributed by atoms with Crippen molar-refractivity contribution in [3.8, 4) is 10.6 Å². The topological polar surface area (TPSA) is 136 Å². The van der Waals surface area contributed by atoms with Crippen LogP contribution in [0.4, 0.5) is 16.2 Å². The number of fused-ring (bicyclic) bond motifs is 1. The molecule has 0 bridgehead atoms. The fourth-order valence-electron chi connectivity index (χ4n) is 4.97. The molecule has 38 heavy (non-hydrogen) atoms. The Bertz CT molecular complexity index is 1470. The third-order valence-corrected chi connectivity index (χ3v) is 8.14. The van der Waals surface area contributed by atoms with Crippen molar-refractivity contribution < 1.29 is 19.7 Å². The summed E-state index contributed by atoms with van der Waals surface area (Å²) in [6, 6.07) is 7.81. The Hall–Kier alpha value is -3.25. The first-order valence-electron chi connectivity index (χ1n) is 12.5. The van der Waals surface area contributed by atoms with Gasteiger partial charge < -0.3 is 26.0 Å². The van der Waals surface area contributed by atoms with E-state index in [0.29, 0.717) is 34.1 Å². The van der Waals surface area contributed by atoms with E-state index in [4.69, 9.17) is 9.97 Å². The molecule has 1 aliphatic rings. The van der Waals surface area contributed by atoms with Crippen LogP contribution in [-0.2, 0) is 6.54 Å². The average Bonchev–Trinajstić information content (AvgIpc) is 3.41. The predicted molar refractivity (Wildman–Crippen MR) is 145 cm³/mol. The quantitative estimate of drug-likeness (QED) is 0.238. The van der Waals surface area contributed by atoms with Crippen molar-refractivity contribution >= 4 is 33.3 Å². The number of rotatable bonds is 7. The lowest BCUT2D eigenvalue weighted by Crippen LogP contribution is -2.40. The first kappa shape index (κ1) is 26.4. The van der Waals surface area contributed by atoms with Gasteiger partial charge in [-0.15, -0.1) is 11.3 Å². The van der Waals surface area contributed by atoms with Crippen LogP contribution in [0.3, 0.4) is 0 Å². The second-order valence-electron chi connectivity index (χ2n) is 10.3. The monoisotopic (exact) mass is 538 g/mol. The van der Waals surface area contributed by atoms with Gasteiger partial charge in [0.2, 0.25) is 5.95 Å². The molecule has 4 atom stereocenters. The van der Waals surface area contributed by atoms with Crippen LogP contribution in [0.1, 0.15) is 37.2 Å². The lowest BCUT2D eigenvalue weighted by Gasteiger charge is -2.28. The Kier molecular flexibility index (Phi) is 7.03. The molecule has 0 spiro atoms. The minimum absolute atomic E-state index is 0.183. The largest absolute Gasteiger partial charge is 0.390 e. The zero-order chi connectivity index (χ0) is 27.2. The summed E-state index contributed by atoms with van der Waals surface area (Å²) in [5, 5.41) is 39.1. The second-order valence-corrected chi connectivity index (χ2v) is 11.3. The van der Waals surface area contributed by atoms with Gasteiger partial charge in [0.1, 0.15) is 28.3 Å². The Balaban J connectivity index is 1.54. The Morgan fingerprint density at radius 1 is 1.05 bits per heavy atom. The molecule has 9 nitrogen and oxygen atoms in total. The standard InChI is InChI=1S/C27H31FN6O3S/c1-13-20(25-33-21-14(2)29-10-9-19(21)38-25)24(32-18-11-16(27(3,4)37)22(35)23(18)36)34-26(31-13)30-12-15-7-5-6-8-17(15)28/h5-10,16,18,22-23,35-37H,11-12H2,1-4H3,(H2,30,31,32,34)/t16-,18+,22+,23-/m0/s1. The fraction of sp³-hybridized carbons (Fsp3) is 0.407. The van der Waals surface area contributed by atoms with E-state index in [1.165, 1.54) is 17.4 Å². The van der Waals surface area contributed by atoms with Crippen molar-refractivity contribution in [2.24, 2.45) is 5.92 Å². The zero-order valence-electron chi connectivity index (χ0n) is 21.6. The van der Waals surface area contributed by atoms with Crippen LogP contribution in [0.25, 0.3) is 20.8 Å². The maximum atomic E-state index is 14.2. The van der Waals surface area contributed by atoms with E-state index in [1.807, 2.05) is 19.9 Å². The predicted octanol–water partition coefficient (Wildman–Crippen LogP) is 3.81. The summed E-state index contributed by atoms with van der Waals surface area (Å²) in [4.78, 5) is 18.5. The molecule has 1 aromatic carbocycles. The van der Waals surface area contributed by atoms with E-state index in [9.17, 15) is 19.7 Å². The molecule has 0 radical (unpaired) electrons. The first-order chi connectivity index (χ1) is 18.0. The van der Waals surface area contributed by atoms with Crippen LogP contribution < -0.4 is 10.6 Å². The molecule has 0 amide bonds. The summed E-state index contributed by atoms with van der Waals surface area (Å²) in [5.74, 6) is -0.157. The van der Waals surface area contributed by atoms with Gasteiger partial charge in [-0.3, -0.25) is 4.98 Å². The number of pyridine rings is 1. The number of halogens is 1. The number of nitrogens with zero attached hydrogens (tertiary/aromatic N) is 4. The van der Waals surface area contributed by atoms with Crippen molar-refractivity contribution in [1.29, 1.82) is 0 Å². The molecule has 5 rings (SSSR count). The number of hydrogen-bond acceptors (Lipinski definition) is 10. The van der Waals surface area contributed by atoms with Crippen molar-refractivity contribution in [1.82, 2.24) is 19.9 Å². The summed E-state index contributed by atoms with van der Waals surface area (Å²) in [7, 11) is 0. The summed E-state index contributed by atoms with van der Waals surface area (Å²) >= 11 is 1.48. The van der Waals surface area contributed by atoms with Gasteiger partial charge >= 0.3 is 0 Å². The fourth-order valence-corrected chi connectivity index (χ4v) is 6.08. The van der Waals surface area contributed by atoms with Gasteiger partial charge in [-0.1, -0.05) is 18.2 Å². The van der Waals surface area contributed by atoms with E-state index >= 15 is 0 Å². The number of aryl methyl sites for hydroxylation is 2. The molecule has 3 aromatic heterocycles. The summed E-state index contributed by atoms with van der Waals surface area (Å²) in [6.45, 7) is 7.17. The van der Waals surface area contributed by atoms with Gasteiger partial charge in [-0.05, 0) is 46.2 Å². The first-order valence-corrected chi connectivity index (χ1v) is 13.3. The number of nitrogens with one attached hydrogen (secondary N) is 2. The molecule has 0 unspecified atom stereocenters. The minimum atomic E-state index is -1.18. The number of aromatic nitrogens is 4. The molecule has 1 aliphatic carbocycles. The molecule has 0 aliphatic heterocycles. The van der Waals surface area contributed by atoms with Gasteiger partial charge in [0.05, 0.1) is 39.4 Å². The molecular formula is C27H31FN6O3S. The van der Waals surface area contributed by atoms with Gasteiger partial charge in [0.25, 0.3) is 0 Å². The number of benzene rings is 1. The molecule has 0 saturated heterocycles. The molecule has 11 heteroatoms. The van der Waals surface area contributed by atoms with Crippen LogP contribution in [-0.4, -0.2) is 59.1 Å². The Morgan fingerprint density at radius 3 is 2.50 bits per heavy atom. The lowest BCUT2D eigenvalue weighted by molar-refractivity contribution is -0.0601. The molecule has 1 saturated carbocycles. The number of anilines is 2. The van der Waals surface area contributed by atoms with Crippen molar-refractivity contribution in [3.05, 3.63) is 59.3 Å². The van der Waals surface area contributed by atoms with Gasteiger partial charge in [0.15, 0.2) is 0 Å². The van der Waals surface area contributed by atoms with Gasteiger partial charge in [-0.25, -0.2) is 14.4 Å². The highest BCUT2D eigenvalue weighted by molar-refractivity contribution is 7.21. The summed E-state index contributed by atoms with van der Waals surface area (Å²) < 4.78 is 15.1. The maximum absolute atomic E-state index is 14.2. The minimum Gasteiger partial charge on any atom is -0.390 e. The smallest absolute Gasteiger partial charge is 0.225 e. The van der Waals surface area contributed by atoms with Crippen LogP contribution in [0.2, 0.25) is 0 Å². The zero-order valence-corrected chi connectivity index (χ0v) is 22.4. The Morgan fingerprint density at radius 2 is 1.82 bits per heavy atom. The lowest BCUT2D eigenvalue weighted by atomic mass is 9.88. The van der Waals surface area contributed by atoms with Crippen molar-refractivity contribution in [2.75, 3.05) is 10.6 Å². The normalized spacial score (nSPS) is 21.7. The van der Waals surface area contributed by atoms with E-state index in [1.54, 1.807) is 38.2 Å². The molecular weight excluding hydrogens is 507 g/mol. The highest BCUT2D eigenvalue weighted by Gasteiger charge is 2.48. The van der Waals surface area contributed by atoms with Gasteiger partial charge in [0, 0.05) is 24.2 Å². The van der Waals surface area contributed by atoms with Crippen LogP contribution >= 0.6 is 11.3 Å². The highest BCUT2D eigenvalue weighted by atomic mass is 32.1. The summed E-state index contributed by atoms with van der Waals surface area (Å²) in [6.07, 6.45) is -0.153. The average molecular weight is 539 g/mol. The SMILES string of the molecule is Cc1nc(NCc2ccccc2F)nc(N[C@@H]2C[C@H](C(C)(C)O)[C@@H](O)[C@H]2O)c1-c1nc2c(C)nccc2s1. The number of aliphatic hydroxyl groups is 3. The van der Waals surface area contributed by atoms with Crippen LogP contribution in [0, 0.1) is 25.6 Å². The van der Waals surface area contributed by atoms with E-state index < -0.39 is 29.8 Å². The highest BCUT2D eigenvalue weighted by Crippen LogP contribution is 2.40. The van der Waals surface area contributed by atoms with E-state index in [2.05, 4.69) is 20.6 Å². The summed E-state index contributed by atoms with van der Waals surface area (Å²) in [5.41, 5.74) is 2.20. The molecule has 200 valence electrons. The number of hydrogen-bond donors (Lipinski definition) is 5. The molecule has 4 aromatic rings. The Labute approximate surface area is 223 Å². The van der Waals surface area contributed by atoms with Crippen molar-refractivity contribution in [2.45, 2.75) is 64.5 Å². The van der Waals surface area contributed by atoms with Gasteiger partial charge in [-0.2, -0.15) is 4.98 Å². The van der Waals surface area contributed by atoms with Crippen LogP contribution in [0.15, 0.2) is 36.5 Å². The number of thiazole rings is 1. The molecule has 3 heterocycles. The van der Waals surface area contributed by atoms with E-state index in [0.717, 1.165) is 15.9 Å². The maximum Gasteiger partial charge on any atom is 0.225 e. The third-order valence-electron chi connectivity index (χ3n) is 7.10.